The molecule has 36 heavy (non-hydrogen) atoms. The van der Waals surface area contributed by atoms with Gasteiger partial charge < -0.3 is 9.47 Å². The van der Waals surface area contributed by atoms with Gasteiger partial charge in [-0.2, -0.15) is 0 Å². The van der Waals surface area contributed by atoms with E-state index in [2.05, 4.69) is 40.2 Å². The third-order valence-electron chi connectivity index (χ3n) is 5.89. The zero-order valence-corrected chi connectivity index (χ0v) is 22.7. The van der Waals surface area contributed by atoms with Gasteiger partial charge in [-0.1, -0.05) is 84.6 Å². The lowest BCUT2D eigenvalue weighted by molar-refractivity contribution is -0.122. The van der Waals surface area contributed by atoms with Crippen LogP contribution in [0.15, 0.2) is 94.3 Å². The molecule has 5 rings (SSSR count). The van der Waals surface area contributed by atoms with E-state index >= 15 is 0 Å². The fraction of sp³-hybridized carbons (Fsp3) is 0.103. The Kier molecular flexibility index (Phi) is 7.41. The molecule has 1 saturated heterocycles. The van der Waals surface area contributed by atoms with Crippen molar-refractivity contribution in [3.63, 3.8) is 0 Å². The average Bonchev–Trinajstić information content (AvgIpc) is 3.16. The molecule has 0 atom stereocenters. The molecule has 1 fully saturated rings. The number of amides is 1. The Labute approximate surface area is 228 Å². The highest BCUT2D eigenvalue weighted by molar-refractivity contribution is 9.10. The van der Waals surface area contributed by atoms with Crippen LogP contribution in [0.4, 0.5) is 0 Å². The fourth-order valence-corrected chi connectivity index (χ4v) is 5.77. The number of benzene rings is 4. The van der Waals surface area contributed by atoms with Crippen LogP contribution in [0.2, 0.25) is 0 Å². The minimum Gasteiger partial charge on any atom is -0.497 e. The maximum Gasteiger partial charge on any atom is 0.266 e. The lowest BCUT2D eigenvalue weighted by atomic mass is 10.1. The van der Waals surface area contributed by atoms with Crippen LogP contribution >= 0.6 is 39.9 Å². The SMILES string of the molecule is COc1ccc(CN2C(=O)/C(=C/c3ccc(OCc4cccc5ccccc45)c(Br)c3)SC2=S)cc1. The second-order valence-electron chi connectivity index (χ2n) is 8.23. The van der Waals surface area contributed by atoms with E-state index in [1.807, 2.05) is 66.7 Å². The van der Waals surface area contributed by atoms with Crippen LogP contribution in [0.1, 0.15) is 16.7 Å². The van der Waals surface area contributed by atoms with Gasteiger partial charge in [0.25, 0.3) is 5.91 Å². The van der Waals surface area contributed by atoms with Crippen LogP contribution in [-0.4, -0.2) is 22.2 Å². The monoisotopic (exact) mass is 575 g/mol. The molecule has 4 nitrogen and oxygen atoms in total. The smallest absolute Gasteiger partial charge is 0.266 e. The van der Waals surface area contributed by atoms with Crippen molar-refractivity contribution in [3.8, 4) is 11.5 Å². The van der Waals surface area contributed by atoms with Crippen LogP contribution in [0.3, 0.4) is 0 Å². The maximum atomic E-state index is 13.1. The molecular formula is C29H22BrNO3S2. The summed E-state index contributed by atoms with van der Waals surface area (Å²) in [7, 11) is 1.63. The second-order valence-corrected chi connectivity index (χ2v) is 10.8. The Hall–Kier alpha value is -3.13. The molecule has 0 bridgehead atoms. The first kappa shape index (κ1) is 24.6. The number of thioether (sulfide) groups is 1. The minimum absolute atomic E-state index is 0.0896. The fourth-order valence-electron chi connectivity index (χ4n) is 4.00. The average molecular weight is 577 g/mol. The molecular weight excluding hydrogens is 554 g/mol. The zero-order chi connectivity index (χ0) is 25.1. The van der Waals surface area contributed by atoms with Crippen LogP contribution in [0.5, 0.6) is 11.5 Å². The maximum absolute atomic E-state index is 13.1. The Bertz CT molecular complexity index is 1480. The van der Waals surface area contributed by atoms with Gasteiger partial charge in [0.2, 0.25) is 0 Å². The highest BCUT2D eigenvalue weighted by atomic mass is 79.9. The van der Waals surface area contributed by atoms with Crippen molar-refractivity contribution in [1.82, 2.24) is 4.90 Å². The lowest BCUT2D eigenvalue weighted by Crippen LogP contribution is -2.27. The third-order valence-corrected chi connectivity index (χ3v) is 7.89. The van der Waals surface area contributed by atoms with Crippen LogP contribution in [0.25, 0.3) is 16.8 Å². The van der Waals surface area contributed by atoms with Crippen molar-refractivity contribution >= 4 is 67.0 Å². The first-order chi connectivity index (χ1) is 17.5. The summed E-state index contributed by atoms with van der Waals surface area (Å²) < 4.78 is 12.7. The van der Waals surface area contributed by atoms with Gasteiger partial charge in [0.1, 0.15) is 22.4 Å². The van der Waals surface area contributed by atoms with Crippen molar-refractivity contribution in [2.75, 3.05) is 7.11 Å². The van der Waals surface area contributed by atoms with E-state index in [1.165, 1.54) is 22.5 Å². The van der Waals surface area contributed by atoms with E-state index in [1.54, 1.807) is 12.0 Å². The van der Waals surface area contributed by atoms with Gasteiger partial charge in [-0.15, -0.1) is 0 Å². The van der Waals surface area contributed by atoms with Gasteiger partial charge in [0, 0.05) is 0 Å². The number of hydrogen-bond acceptors (Lipinski definition) is 5. The number of halogens is 1. The molecule has 0 aliphatic carbocycles. The summed E-state index contributed by atoms with van der Waals surface area (Å²) in [5.41, 5.74) is 3.01. The zero-order valence-electron chi connectivity index (χ0n) is 19.4. The molecule has 0 unspecified atom stereocenters. The van der Waals surface area contributed by atoms with E-state index < -0.39 is 0 Å². The predicted octanol–water partition coefficient (Wildman–Crippen LogP) is 7.59. The molecule has 0 radical (unpaired) electrons. The summed E-state index contributed by atoms with van der Waals surface area (Å²) in [6, 6.07) is 28.0. The van der Waals surface area contributed by atoms with Gasteiger partial charge in [-0.3, -0.25) is 9.69 Å². The van der Waals surface area contributed by atoms with E-state index in [9.17, 15) is 4.79 Å². The Morgan fingerprint density at radius 1 is 1.00 bits per heavy atom. The second kappa shape index (κ2) is 10.9. The van der Waals surface area contributed by atoms with Gasteiger partial charge in [0.05, 0.1) is 23.0 Å². The number of carbonyl (C=O) groups is 1. The number of thiocarbonyl (C=S) groups is 1. The number of ether oxygens (including phenoxy) is 2. The molecule has 4 aromatic carbocycles. The molecule has 1 heterocycles. The van der Waals surface area contributed by atoms with Crippen LogP contribution in [0, 0.1) is 0 Å². The molecule has 1 aliphatic rings. The molecule has 0 spiro atoms. The Morgan fingerprint density at radius 2 is 1.78 bits per heavy atom. The summed E-state index contributed by atoms with van der Waals surface area (Å²) in [6.07, 6.45) is 1.87. The van der Waals surface area contributed by atoms with Gasteiger partial charge in [-0.05, 0) is 73.7 Å². The van der Waals surface area contributed by atoms with Gasteiger partial charge in [0.15, 0.2) is 0 Å². The molecule has 1 aliphatic heterocycles. The standard InChI is InChI=1S/C29H22BrNO3S2/c1-33-23-12-9-19(10-13-23)17-31-28(32)27(36-29(31)35)16-20-11-14-26(25(30)15-20)34-18-22-7-4-6-21-5-2-3-8-24(21)22/h2-16H,17-18H2,1H3/b27-16-. The van der Waals surface area contributed by atoms with Crippen LogP contribution in [-0.2, 0) is 17.9 Å². The van der Waals surface area contributed by atoms with E-state index in [0.717, 1.165) is 32.7 Å². The topological polar surface area (TPSA) is 38.8 Å². The van der Waals surface area contributed by atoms with Gasteiger partial charge >= 0.3 is 0 Å². The molecule has 4 aromatic rings. The highest BCUT2D eigenvalue weighted by Gasteiger charge is 2.32. The molecule has 0 N–H and O–H groups in total. The van der Waals surface area contributed by atoms with E-state index in [4.69, 9.17) is 21.7 Å². The number of hydrogen-bond donors (Lipinski definition) is 0. The summed E-state index contributed by atoms with van der Waals surface area (Å²) in [5.74, 6) is 1.43. The van der Waals surface area contributed by atoms with Crippen molar-refractivity contribution in [3.05, 3.63) is 111 Å². The number of nitrogens with zero attached hydrogens (tertiary/aromatic N) is 1. The first-order valence-corrected chi connectivity index (χ1v) is 13.3. The normalized spacial score (nSPS) is 14.6. The summed E-state index contributed by atoms with van der Waals surface area (Å²) in [4.78, 5) is 15.3. The van der Waals surface area contributed by atoms with Crippen molar-refractivity contribution < 1.29 is 14.3 Å². The summed E-state index contributed by atoms with van der Waals surface area (Å²) in [5, 5.41) is 2.38. The largest absolute Gasteiger partial charge is 0.497 e. The van der Waals surface area contributed by atoms with Crippen molar-refractivity contribution in [2.45, 2.75) is 13.2 Å². The number of methoxy groups -OCH3 is 1. The molecule has 180 valence electrons. The van der Waals surface area contributed by atoms with E-state index in [-0.39, 0.29) is 5.91 Å². The summed E-state index contributed by atoms with van der Waals surface area (Å²) in [6.45, 7) is 0.889. The number of carbonyl (C=O) groups excluding carboxylic acids is 1. The van der Waals surface area contributed by atoms with Crippen LogP contribution < -0.4 is 9.47 Å². The highest BCUT2D eigenvalue weighted by Crippen LogP contribution is 2.35. The molecule has 0 saturated carbocycles. The minimum atomic E-state index is -0.0896. The lowest BCUT2D eigenvalue weighted by Gasteiger charge is -2.14. The number of fused-ring (bicyclic) bond motifs is 1. The predicted molar refractivity (Wildman–Crippen MR) is 154 cm³/mol. The molecule has 7 heteroatoms. The molecule has 1 amide bonds. The Morgan fingerprint density at radius 3 is 2.56 bits per heavy atom. The first-order valence-electron chi connectivity index (χ1n) is 11.3. The number of rotatable bonds is 7. The van der Waals surface area contributed by atoms with Gasteiger partial charge in [-0.25, -0.2) is 0 Å². The van der Waals surface area contributed by atoms with E-state index in [0.29, 0.717) is 22.4 Å². The Balaban J connectivity index is 1.28. The van der Waals surface area contributed by atoms with Crippen molar-refractivity contribution in [1.29, 1.82) is 0 Å². The van der Waals surface area contributed by atoms with Crippen molar-refractivity contribution in [2.24, 2.45) is 0 Å². The third kappa shape index (κ3) is 5.33. The summed E-state index contributed by atoms with van der Waals surface area (Å²) >= 11 is 10.4. The quantitative estimate of drug-likeness (QED) is 0.167. The molecule has 0 aromatic heterocycles.